The highest BCUT2D eigenvalue weighted by Crippen LogP contribution is 2.33. The van der Waals surface area contributed by atoms with Crippen molar-refractivity contribution in [2.24, 2.45) is 0 Å². The lowest BCUT2D eigenvalue weighted by atomic mass is 10.1. The summed E-state index contributed by atoms with van der Waals surface area (Å²) >= 11 is 0. The van der Waals surface area contributed by atoms with E-state index in [1.54, 1.807) is 6.07 Å². The Morgan fingerprint density at radius 3 is 2.50 bits per heavy atom. The maximum Gasteiger partial charge on any atom is 0.417 e. The molecule has 0 atom stereocenters. The first-order valence-corrected chi connectivity index (χ1v) is 6.68. The molecule has 0 aliphatic heterocycles. The zero-order chi connectivity index (χ0) is 17.7. The zero-order valence-electron chi connectivity index (χ0n) is 12.1. The lowest BCUT2D eigenvalue weighted by Crippen LogP contribution is -2.09. The van der Waals surface area contributed by atoms with Gasteiger partial charge >= 0.3 is 12.8 Å². The Morgan fingerprint density at radius 1 is 1.12 bits per heavy atom. The molecule has 0 radical (unpaired) electrons. The minimum Gasteiger partial charge on any atom is -0.435 e. The van der Waals surface area contributed by atoms with Crippen LogP contribution in [-0.2, 0) is 12.7 Å². The van der Waals surface area contributed by atoms with Gasteiger partial charge in [-0.3, -0.25) is 0 Å². The van der Waals surface area contributed by atoms with E-state index in [0.29, 0.717) is 5.56 Å². The van der Waals surface area contributed by atoms with E-state index in [2.05, 4.69) is 10.1 Å². The molecule has 2 aromatic carbocycles. The van der Waals surface area contributed by atoms with Gasteiger partial charge in [0.15, 0.2) is 0 Å². The van der Waals surface area contributed by atoms with Crippen LogP contribution >= 0.6 is 0 Å². The second-order valence-corrected chi connectivity index (χ2v) is 4.75. The summed E-state index contributed by atoms with van der Waals surface area (Å²) in [5, 5.41) is 11.5. The molecule has 0 spiro atoms. The first-order valence-electron chi connectivity index (χ1n) is 6.68. The van der Waals surface area contributed by atoms with E-state index >= 15 is 0 Å². The summed E-state index contributed by atoms with van der Waals surface area (Å²) in [6.45, 7) is -2.86. The Hall–Kier alpha value is -2.82. The van der Waals surface area contributed by atoms with Crippen molar-refractivity contribution in [3.05, 3.63) is 59.2 Å². The first-order chi connectivity index (χ1) is 11.3. The number of rotatable bonds is 5. The number of benzene rings is 2. The van der Waals surface area contributed by atoms with E-state index in [-0.39, 0.29) is 18.0 Å². The van der Waals surface area contributed by atoms with Gasteiger partial charge in [0.05, 0.1) is 17.2 Å². The number of nitrogens with one attached hydrogen (secondary N) is 1. The van der Waals surface area contributed by atoms with Crippen molar-refractivity contribution in [1.82, 2.24) is 0 Å². The summed E-state index contributed by atoms with van der Waals surface area (Å²) in [6.07, 6.45) is -4.65. The van der Waals surface area contributed by atoms with E-state index < -0.39 is 23.9 Å². The van der Waals surface area contributed by atoms with Crippen LogP contribution in [0.15, 0.2) is 42.5 Å². The number of anilines is 1. The maximum absolute atomic E-state index is 12.9. The zero-order valence-corrected chi connectivity index (χ0v) is 12.1. The summed E-state index contributed by atoms with van der Waals surface area (Å²) in [4.78, 5) is 0. The number of hydrogen-bond acceptors (Lipinski definition) is 3. The number of halogens is 5. The van der Waals surface area contributed by atoms with Gasteiger partial charge in [0.1, 0.15) is 5.75 Å². The first kappa shape index (κ1) is 17.5. The van der Waals surface area contributed by atoms with Gasteiger partial charge in [-0.2, -0.15) is 27.2 Å². The summed E-state index contributed by atoms with van der Waals surface area (Å²) in [5.74, 6) is -0.0416. The molecule has 0 fully saturated rings. The van der Waals surface area contributed by atoms with Crippen molar-refractivity contribution in [2.45, 2.75) is 19.3 Å². The quantitative estimate of drug-likeness (QED) is 0.795. The Balaban J connectivity index is 2.14. The maximum atomic E-state index is 12.9. The van der Waals surface area contributed by atoms with Gasteiger partial charge < -0.3 is 10.1 Å². The third-order valence-corrected chi connectivity index (χ3v) is 3.07. The molecule has 2 aromatic rings. The molecular formula is C16H11F5N2O. The number of nitriles is 1. The van der Waals surface area contributed by atoms with Gasteiger partial charge in [0, 0.05) is 12.2 Å². The van der Waals surface area contributed by atoms with Crippen molar-refractivity contribution < 1.29 is 26.7 Å². The third-order valence-electron chi connectivity index (χ3n) is 3.07. The Labute approximate surface area is 134 Å². The molecule has 1 N–H and O–H groups in total. The lowest BCUT2D eigenvalue weighted by Gasteiger charge is -2.13. The Kier molecular flexibility index (Phi) is 5.24. The molecule has 0 bridgehead atoms. The smallest absolute Gasteiger partial charge is 0.417 e. The van der Waals surface area contributed by atoms with Crippen molar-refractivity contribution >= 4 is 5.69 Å². The lowest BCUT2D eigenvalue weighted by molar-refractivity contribution is -0.137. The van der Waals surface area contributed by atoms with E-state index in [1.165, 1.54) is 30.3 Å². The van der Waals surface area contributed by atoms with Crippen LogP contribution in [0.4, 0.5) is 27.6 Å². The van der Waals surface area contributed by atoms with Gasteiger partial charge in [0.2, 0.25) is 0 Å². The van der Waals surface area contributed by atoms with Crippen LogP contribution in [0.1, 0.15) is 16.7 Å². The molecule has 2 rings (SSSR count). The fourth-order valence-electron chi connectivity index (χ4n) is 2.02. The van der Waals surface area contributed by atoms with Gasteiger partial charge in [0.25, 0.3) is 0 Å². The summed E-state index contributed by atoms with van der Waals surface area (Å²) in [6, 6.07) is 10.5. The van der Waals surface area contributed by atoms with Crippen molar-refractivity contribution in [2.75, 3.05) is 5.32 Å². The average molecular weight is 342 g/mol. The van der Waals surface area contributed by atoms with Crippen molar-refractivity contribution in [3.63, 3.8) is 0 Å². The molecular weight excluding hydrogens is 331 g/mol. The van der Waals surface area contributed by atoms with Crippen LogP contribution in [-0.4, -0.2) is 6.61 Å². The predicted molar refractivity (Wildman–Crippen MR) is 76.6 cm³/mol. The number of nitrogens with zero attached hydrogens (tertiary/aromatic N) is 1. The molecule has 126 valence electrons. The number of hydrogen-bond donors (Lipinski definition) is 1. The Bertz CT molecular complexity index is 753. The topological polar surface area (TPSA) is 45.0 Å². The molecule has 0 saturated carbocycles. The fourth-order valence-corrected chi connectivity index (χ4v) is 2.02. The molecule has 0 aliphatic rings. The van der Waals surface area contributed by atoms with Crippen LogP contribution < -0.4 is 10.1 Å². The molecule has 0 aromatic heterocycles. The molecule has 0 heterocycles. The minimum absolute atomic E-state index is 0.0416. The van der Waals surface area contributed by atoms with Gasteiger partial charge in [-0.1, -0.05) is 12.1 Å². The average Bonchev–Trinajstić information content (AvgIpc) is 2.51. The normalized spacial score (nSPS) is 11.2. The molecule has 8 heteroatoms. The van der Waals surface area contributed by atoms with Crippen LogP contribution in [0.25, 0.3) is 0 Å². The van der Waals surface area contributed by atoms with Crippen LogP contribution in [0, 0.1) is 11.3 Å². The highest BCUT2D eigenvalue weighted by molar-refractivity contribution is 5.53. The molecule has 0 saturated heterocycles. The van der Waals surface area contributed by atoms with E-state index in [0.717, 1.165) is 12.1 Å². The number of ether oxygens (including phenoxy) is 1. The summed E-state index contributed by atoms with van der Waals surface area (Å²) in [5.41, 5.74) is -0.808. The Morgan fingerprint density at radius 2 is 1.88 bits per heavy atom. The van der Waals surface area contributed by atoms with E-state index in [9.17, 15) is 22.0 Å². The van der Waals surface area contributed by atoms with E-state index in [1.807, 2.05) is 0 Å². The molecule has 24 heavy (non-hydrogen) atoms. The molecule has 0 aliphatic carbocycles. The van der Waals surface area contributed by atoms with Crippen molar-refractivity contribution in [1.29, 1.82) is 5.26 Å². The second kappa shape index (κ2) is 7.17. The van der Waals surface area contributed by atoms with Crippen molar-refractivity contribution in [3.8, 4) is 11.8 Å². The summed E-state index contributed by atoms with van der Waals surface area (Å²) in [7, 11) is 0. The fraction of sp³-hybridized carbons (Fsp3) is 0.188. The van der Waals surface area contributed by atoms with Crippen LogP contribution in [0.2, 0.25) is 0 Å². The predicted octanol–water partition coefficient (Wildman–Crippen LogP) is 4.79. The van der Waals surface area contributed by atoms with Crippen LogP contribution in [0.5, 0.6) is 5.75 Å². The largest absolute Gasteiger partial charge is 0.435 e. The summed E-state index contributed by atoms with van der Waals surface area (Å²) < 4.78 is 67.2. The highest BCUT2D eigenvalue weighted by Gasteiger charge is 2.33. The highest BCUT2D eigenvalue weighted by atomic mass is 19.4. The second-order valence-electron chi connectivity index (χ2n) is 4.75. The molecule has 3 nitrogen and oxygen atoms in total. The minimum atomic E-state index is -4.65. The number of alkyl halides is 5. The standard InChI is InChI=1S/C16H11F5N2O/c17-15(18)24-13-3-1-2-10(6-13)9-23-12-5-4-11(8-22)14(7-12)16(19,20)21/h1-7,15,23H,9H2. The monoisotopic (exact) mass is 342 g/mol. The third kappa shape index (κ3) is 4.59. The van der Waals surface area contributed by atoms with Gasteiger partial charge in [-0.25, -0.2) is 0 Å². The molecule has 0 amide bonds. The van der Waals surface area contributed by atoms with Gasteiger partial charge in [-0.05, 0) is 35.9 Å². The van der Waals surface area contributed by atoms with Crippen LogP contribution in [0.3, 0.4) is 0 Å². The molecule has 0 unspecified atom stereocenters. The SMILES string of the molecule is N#Cc1ccc(NCc2cccc(OC(F)F)c2)cc1C(F)(F)F. The van der Waals surface area contributed by atoms with Gasteiger partial charge in [-0.15, -0.1) is 0 Å². The van der Waals surface area contributed by atoms with E-state index in [4.69, 9.17) is 5.26 Å².